The van der Waals surface area contributed by atoms with E-state index >= 15 is 0 Å². The average Bonchev–Trinajstić information content (AvgIpc) is 2.82. The van der Waals surface area contributed by atoms with Crippen LogP contribution in [0.25, 0.3) is 0 Å². The van der Waals surface area contributed by atoms with Crippen LogP contribution in [0.5, 0.6) is 11.5 Å². The number of nitrogens with zero attached hydrogens (tertiary/aromatic N) is 2. The van der Waals surface area contributed by atoms with E-state index in [1.807, 2.05) is 0 Å². The molecule has 0 heterocycles. The number of ether oxygens (including phenoxy) is 3. The molecule has 0 aromatic heterocycles. The van der Waals surface area contributed by atoms with E-state index in [1.165, 1.54) is 50.6 Å². The summed E-state index contributed by atoms with van der Waals surface area (Å²) in [7, 11) is 2.42. The molecule has 0 bridgehead atoms. The van der Waals surface area contributed by atoms with Crippen LogP contribution in [0.1, 0.15) is 26.3 Å². The summed E-state index contributed by atoms with van der Waals surface area (Å²) in [6, 6.07) is 6.10. The molecular weight excluding hydrogens is 452 g/mol. The van der Waals surface area contributed by atoms with Gasteiger partial charge in [0.15, 0.2) is 11.5 Å². The number of rotatable bonds is 9. The van der Waals surface area contributed by atoms with Gasteiger partial charge in [0.2, 0.25) is 0 Å². The van der Waals surface area contributed by atoms with Gasteiger partial charge < -0.3 is 19.3 Å². The van der Waals surface area contributed by atoms with Gasteiger partial charge in [0.05, 0.1) is 35.2 Å². The molecule has 0 aliphatic heterocycles. The Labute approximate surface area is 194 Å². The molecule has 12 nitrogen and oxygen atoms in total. The first kappa shape index (κ1) is 27.3. The summed E-state index contributed by atoms with van der Waals surface area (Å²) in [5.41, 5.74) is -0.234. The lowest BCUT2D eigenvalue weighted by Crippen LogP contribution is -2.06. The van der Waals surface area contributed by atoms with Crippen molar-refractivity contribution in [2.75, 3.05) is 20.8 Å². The Bertz CT molecular complexity index is 1110. The predicted octanol–water partition coefficient (Wildman–Crippen LogP) is 3.76. The fourth-order valence-electron chi connectivity index (χ4n) is 2.60. The molecule has 0 spiro atoms. The minimum Gasteiger partial charge on any atom is -0.502 e. The first-order chi connectivity index (χ1) is 16.1. The number of methoxy groups -OCH3 is 2. The lowest BCUT2D eigenvalue weighted by atomic mass is 10.0. The maximum atomic E-state index is 11.4. The third-order valence-corrected chi connectivity index (χ3v) is 4.15. The minimum absolute atomic E-state index is 0.0119. The molecule has 0 amide bonds. The largest absolute Gasteiger partial charge is 0.502 e. The second-order valence-electron chi connectivity index (χ2n) is 6.23. The van der Waals surface area contributed by atoms with Crippen molar-refractivity contribution in [1.82, 2.24) is 0 Å². The zero-order valence-corrected chi connectivity index (χ0v) is 18.4. The number of hydrogen-bond acceptors (Lipinski definition) is 10. The van der Waals surface area contributed by atoms with Crippen LogP contribution in [0.2, 0.25) is 0 Å². The molecule has 0 aliphatic carbocycles. The molecule has 2 aromatic rings. The number of phenolic OH excluding ortho intramolecular Hbond substituents is 1. The first-order valence-corrected chi connectivity index (χ1v) is 9.41. The number of nitro benzene ring substituents is 2. The van der Waals surface area contributed by atoms with Gasteiger partial charge in [-0.25, -0.2) is 9.59 Å². The van der Waals surface area contributed by atoms with E-state index in [0.29, 0.717) is 0 Å². The van der Waals surface area contributed by atoms with E-state index in [9.17, 15) is 34.9 Å². The van der Waals surface area contributed by atoms with Crippen molar-refractivity contribution in [2.45, 2.75) is 6.42 Å². The number of aromatic hydroxyl groups is 1. The van der Waals surface area contributed by atoms with E-state index in [4.69, 9.17) is 4.74 Å². The third kappa shape index (κ3) is 6.88. The van der Waals surface area contributed by atoms with Crippen molar-refractivity contribution >= 4 is 23.3 Å². The van der Waals surface area contributed by atoms with Gasteiger partial charge >= 0.3 is 23.3 Å². The Kier molecular flexibility index (Phi) is 10.4. The summed E-state index contributed by atoms with van der Waals surface area (Å²) < 4.78 is 14.2. The Morgan fingerprint density at radius 1 is 0.971 bits per heavy atom. The van der Waals surface area contributed by atoms with Crippen molar-refractivity contribution in [3.8, 4) is 11.5 Å². The highest BCUT2D eigenvalue weighted by Crippen LogP contribution is 2.33. The molecular formula is C22H22N2O10. The molecule has 0 saturated heterocycles. The van der Waals surface area contributed by atoms with Crippen LogP contribution >= 0.6 is 0 Å². The van der Waals surface area contributed by atoms with Crippen LogP contribution in [0.3, 0.4) is 0 Å². The highest BCUT2D eigenvalue weighted by Gasteiger charge is 2.23. The van der Waals surface area contributed by atoms with Gasteiger partial charge in [0, 0.05) is 23.8 Å². The van der Waals surface area contributed by atoms with E-state index < -0.39 is 33.2 Å². The molecule has 2 rings (SSSR count). The zero-order chi connectivity index (χ0) is 25.8. The van der Waals surface area contributed by atoms with E-state index in [-0.39, 0.29) is 41.2 Å². The molecule has 12 heteroatoms. The Morgan fingerprint density at radius 2 is 1.56 bits per heavy atom. The maximum Gasteiger partial charge on any atom is 0.338 e. The van der Waals surface area contributed by atoms with Gasteiger partial charge in [-0.05, 0) is 18.6 Å². The van der Waals surface area contributed by atoms with Crippen LogP contribution in [-0.4, -0.2) is 47.7 Å². The zero-order valence-electron chi connectivity index (χ0n) is 18.4. The monoisotopic (exact) mass is 474 g/mol. The topological polar surface area (TPSA) is 168 Å². The summed E-state index contributed by atoms with van der Waals surface area (Å²) in [6.45, 7) is 7.02. The SMILES string of the molecule is C=CCOc1cc(C(=O)OC)ccc1[N+](=O)[O-].C=CCc1c(C(=O)OC)ccc([N+](=O)[O-])c1O. The Morgan fingerprint density at radius 3 is 2.06 bits per heavy atom. The highest BCUT2D eigenvalue weighted by molar-refractivity contribution is 5.92. The third-order valence-electron chi connectivity index (χ3n) is 4.15. The van der Waals surface area contributed by atoms with E-state index in [0.717, 1.165) is 6.07 Å². The van der Waals surface area contributed by atoms with Crippen LogP contribution in [-0.2, 0) is 15.9 Å². The number of benzene rings is 2. The summed E-state index contributed by atoms with van der Waals surface area (Å²) in [5, 5.41) is 31.1. The summed E-state index contributed by atoms with van der Waals surface area (Å²) in [4.78, 5) is 42.7. The number of hydrogen-bond donors (Lipinski definition) is 1. The van der Waals surface area contributed by atoms with Gasteiger partial charge in [-0.3, -0.25) is 20.2 Å². The molecule has 0 unspecified atom stereocenters. The molecule has 0 radical (unpaired) electrons. The minimum atomic E-state index is -0.719. The highest BCUT2D eigenvalue weighted by atomic mass is 16.6. The van der Waals surface area contributed by atoms with E-state index in [2.05, 4.69) is 22.6 Å². The maximum absolute atomic E-state index is 11.4. The second-order valence-corrected chi connectivity index (χ2v) is 6.23. The van der Waals surface area contributed by atoms with Gasteiger partial charge in [-0.2, -0.15) is 0 Å². The lowest BCUT2D eigenvalue weighted by molar-refractivity contribution is -0.386. The quantitative estimate of drug-likeness (QED) is 0.244. The van der Waals surface area contributed by atoms with Crippen molar-refractivity contribution in [1.29, 1.82) is 0 Å². The summed E-state index contributed by atoms with van der Waals surface area (Å²) in [5.74, 6) is -1.76. The number of esters is 2. The molecule has 2 aromatic carbocycles. The van der Waals surface area contributed by atoms with Gasteiger partial charge in [0.25, 0.3) is 0 Å². The summed E-state index contributed by atoms with van der Waals surface area (Å²) in [6.07, 6.45) is 3.03. The van der Waals surface area contributed by atoms with Gasteiger partial charge in [-0.1, -0.05) is 18.7 Å². The average molecular weight is 474 g/mol. The van der Waals surface area contributed by atoms with Crippen LogP contribution in [0.4, 0.5) is 11.4 Å². The predicted molar refractivity (Wildman–Crippen MR) is 120 cm³/mol. The number of phenols is 1. The van der Waals surface area contributed by atoms with Gasteiger partial charge in [-0.15, -0.1) is 6.58 Å². The van der Waals surface area contributed by atoms with Crippen molar-refractivity contribution in [2.24, 2.45) is 0 Å². The Balaban J connectivity index is 0.000000340. The molecule has 180 valence electrons. The molecule has 34 heavy (non-hydrogen) atoms. The van der Waals surface area contributed by atoms with Crippen LogP contribution in [0, 0.1) is 20.2 Å². The fourth-order valence-corrected chi connectivity index (χ4v) is 2.60. The van der Waals surface area contributed by atoms with Crippen LogP contribution < -0.4 is 4.74 Å². The molecule has 0 saturated carbocycles. The molecule has 0 atom stereocenters. The molecule has 0 aliphatic rings. The first-order valence-electron chi connectivity index (χ1n) is 9.41. The standard InChI is InChI=1S/2C11H11NO5/c1-3-6-17-10-7-8(11(13)16-2)4-5-9(10)12(14)15;1-3-4-7-8(11(14)17-2)5-6-9(10(7)13)12(15)16/h3-5,7H,1,6H2,2H3;3,5-6,13H,1,4H2,2H3. The number of carbonyl (C=O) groups excluding carboxylic acids is 2. The van der Waals surface area contributed by atoms with Crippen molar-refractivity contribution in [3.05, 3.63) is 92.6 Å². The number of nitro groups is 2. The second kappa shape index (κ2) is 13.0. The van der Waals surface area contributed by atoms with E-state index in [1.54, 1.807) is 0 Å². The van der Waals surface area contributed by atoms with Gasteiger partial charge in [0.1, 0.15) is 6.61 Å². The van der Waals surface area contributed by atoms with Crippen molar-refractivity contribution < 1.29 is 38.8 Å². The normalized spacial score (nSPS) is 9.59. The fraction of sp³-hybridized carbons (Fsp3) is 0.182. The van der Waals surface area contributed by atoms with Crippen LogP contribution in [0.15, 0.2) is 55.6 Å². The number of allylic oxidation sites excluding steroid dienone is 1. The smallest absolute Gasteiger partial charge is 0.338 e. The van der Waals surface area contributed by atoms with Crippen molar-refractivity contribution in [3.63, 3.8) is 0 Å². The summed E-state index contributed by atoms with van der Waals surface area (Å²) >= 11 is 0. The lowest BCUT2D eigenvalue weighted by Gasteiger charge is -2.08. The Hall–Kier alpha value is -4.74. The molecule has 1 N–H and O–H groups in total. The molecule has 0 fully saturated rings. The number of carbonyl (C=O) groups is 2.